The molecule has 3 aliphatic rings. The number of rotatable bonds is 10. The number of aliphatic hydroxyl groups is 1. The van der Waals surface area contributed by atoms with Crippen LogP contribution in [0.15, 0.2) is 25.3 Å². The molecule has 2 bridgehead atoms. The number of alkyl halides is 1. The van der Waals surface area contributed by atoms with Gasteiger partial charge in [-0.05, 0) is 40.0 Å². The molecule has 1 spiro atoms. The zero-order chi connectivity index (χ0) is 24.6. The minimum absolute atomic E-state index is 0.0101. The molecule has 3 saturated heterocycles. The zero-order valence-corrected chi connectivity index (χ0v) is 22.1. The van der Waals surface area contributed by atoms with Gasteiger partial charge in [-0.1, -0.05) is 28.1 Å². The van der Waals surface area contributed by atoms with Crippen molar-refractivity contribution in [3.05, 3.63) is 25.3 Å². The highest BCUT2D eigenvalue weighted by Crippen LogP contribution is 2.68. The van der Waals surface area contributed by atoms with Crippen LogP contribution in [0, 0.1) is 11.8 Å². The van der Waals surface area contributed by atoms with E-state index in [-0.39, 0.29) is 47.6 Å². The number of nitrogens with zero attached hydrogens (tertiary/aromatic N) is 2. The molecule has 184 valence electrons. The molecular weight excluding hydrogens is 508 g/mol. The summed E-state index contributed by atoms with van der Waals surface area (Å²) in [4.78, 5) is 44.1. The van der Waals surface area contributed by atoms with Crippen LogP contribution in [0.1, 0.15) is 40.0 Å². The molecule has 7 nitrogen and oxygen atoms in total. The van der Waals surface area contributed by atoms with E-state index in [9.17, 15) is 19.5 Å². The number of β-amino-alcohol motifs (C(OH)–C–C–N with tert-alkyl or cyclic N) is 1. The SMILES string of the molecule is C=CCCCOC(=O)[C@H]1[C@H]2C(=O)N(CCO)C(C(=O)N(CC=C)C(C)(C)C)C23CC(Br)[C@@H]1S3. The van der Waals surface area contributed by atoms with Gasteiger partial charge < -0.3 is 19.6 Å². The predicted octanol–water partition coefficient (Wildman–Crippen LogP) is 2.77. The van der Waals surface area contributed by atoms with Gasteiger partial charge in [0.2, 0.25) is 11.8 Å². The van der Waals surface area contributed by atoms with Gasteiger partial charge >= 0.3 is 5.97 Å². The maximum Gasteiger partial charge on any atom is 0.310 e. The van der Waals surface area contributed by atoms with Crippen molar-refractivity contribution in [1.29, 1.82) is 0 Å². The average Bonchev–Trinajstić information content (AvgIpc) is 3.32. The minimum atomic E-state index is -0.755. The van der Waals surface area contributed by atoms with Crippen LogP contribution in [0.2, 0.25) is 0 Å². The van der Waals surface area contributed by atoms with Crippen molar-refractivity contribution in [3.8, 4) is 0 Å². The lowest BCUT2D eigenvalue weighted by molar-refractivity contribution is -0.154. The van der Waals surface area contributed by atoms with Crippen LogP contribution < -0.4 is 0 Å². The number of carbonyl (C=O) groups excluding carboxylic acids is 3. The number of likely N-dealkylation sites (tertiary alicyclic amines) is 1. The van der Waals surface area contributed by atoms with Crippen molar-refractivity contribution in [2.45, 2.75) is 66.4 Å². The van der Waals surface area contributed by atoms with Crippen LogP contribution in [0.4, 0.5) is 0 Å². The second-order valence-corrected chi connectivity index (χ2v) is 12.6. The van der Waals surface area contributed by atoms with E-state index in [0.717, 1.165) is 6.42 Å². The van der Waals surface area contributed by atoms with Gasteiger partial charge in [0, 0.05) is 28.7 Å². The van der Waals surface area contributed by atoms with Crippen LogP contribution in [0.3, 0.4) is 0 Å². The third kappa shape index (κ3) is 4.52. The van der Waals surface area contributed by atoms with Crippen molar-refractivity contribution in [1.82, 2.24) is 9.80 Å². The third-order valence-electron chi connectivity index (χ3n) is 6.82. The van der Waals surface area contributed by atoms with Crippen LogP contribution >= 0.6 is 27.7 Å². The molecule has 3 aliphatic heterocycles. The second kappa shape index (κ2) is 10.1. The lowest BCUT2D eigenvalue weighted by atomic mass is 9.71. The number of ether oxygens (including phenoxy) is 1. The summed E-state index contributed by atoms with van der Waals surface area (Å²) in [5.41, 5.74) is -0.480. The van der Waals surface area contributed by atoms with Gasteiger partial charge in [0.25, 0.3) is 0 Å². The second-order valence-electron chi connectivity index (χ2n) is 9.93. The summed E-state index contributed by atoms with van der Waals surface area (Å²) < 4.78 is 4.83. The van der Waals surface area contributed by atoms with Crippen molar-refractivity contribution >= 4 is 45.5 Å². The maximum absolute atomic E-state index is 14.0. The predicted molar refractivity (Wildman–Crippen MR) is 133 cm³/mol. The Balaban J connectivity index is 1.98. The van der Waals surface area contributed by atoms with E-state index in [0.29, 0.717) is 19.4 Å². The Morgan fingerprint density at radius 3 is 2.64 bits per heavy atom. The highest BCUT2D eigenvalue weighted by molar-refractivity contribution is 9.09. The van der Waals surface area contributed by atoms with Gasteiger partial charge in [-0.2, -0.15) is 0 Å². The van der Waals surface area contributed by atoms with Crippen LogP contribution in [-0.4, -0.2) is 85.4 Å². The van der Waals surface area contributed by atoms with E-state index in [4.69, 9.17) is 4.74 Å². The number of thioether (sulfide) groups is 1. The summed E-state index contributed by atoms with van der Waals surface area (Å²) in [6.07, 6.45) is 5.49. The number of allylic oxidation sites excluding steroid dienone is 1. The number of unbranched alkanes of at least 4 members (excludes halogenated alkanes) is 1. The van der Waals surface area contributed by atoms with E-state index < -0.39 is 28.2 Å². The average molecular weight is 544 g/mol. The van der Waals surface area contributed by atoms with Crippen LogP contribution in [0.25, 0.3) is 0 Å². The molecule has 9 heteroatoms. The molecule has 0 saturated carbocycles. The molecule has 1 N–H and O–H groups in total. The number of halogens is 1. The summed E-state index contributed by atoms with van der Waals surface area (Å²) >= 11 is 5.30. The lowest BCUT2D eigenvalue weighted by Gasteiger charge is -2.42. The number of hydrogen-bond acceptors (Lipinski definition) is 6. The standard InChI is InChI=1S/C24H35BrN2O5S/c1-6-8-9-13-32-22(31)16-17-20(29)26(11-12-28)19(24(17)14-15(25)18(16)33-24)21(30)27(10-7-2)23(3,4)5/h6-7,15-19,28H,1-2,8-14H2,3-5H3/t15?,16-,17-,18-,19?,24?/m0/s1. The first kappa shape index (κ1) is 26.3. The molecule has 0 aromatic heterocycles. The van der Waals surface area contributed by atoms with Gasteiger partial charge in [0.05, 0.1) is 29.8 Å². The molecule has 3 rings (SSSR count). The van der Waals surface area contributed by atoms with Gasteiger partial charge in [-0.25, -0.2) is 0 Å². The lowest BCUT2D eigenvalue weighted by Crippen LogP contribution is -2.59. The maximum atomic E-state index is 14.0. The van der Waals surface area contributed by atoms with Crippen LogP contribution in [-0.2, 0) is 19.1 Å². The summed E-state index contributed by atoms with van der Waals surface area (Å²) in [6.45, 7) is 13.8. The highest BCUT2D eigenvalue weighted by atomic mass is 79.9. The van der Waals surface area contributed by atoms with Gasteiger partial charge in [0.1, 0.15) is 6.04 Å². The fourth-order valence-corrected chi connectivity index (χ4v) is 9.09. The Morgan fingerprint density at radius 2 is 2.06 bits per heavy atom. The van der Waals surface area contributed by atoms with E-state index in [1.54, 1.807) is 28.8 Å². The van der Waals surface area contributed by atoms with E-state index in [1.165, 1.54) is 4.90 Å². The number of esters is 1. The fraction of sp³-hybridized carbons (Fsp3) is 0.708. The Hall–Kier alpha value is -1.32. The number of amides is 2. The van der Waals surface area contributed by atoms with Gasteiger partial charge in [-0.3, -0.25) is 14.4 Å². The Labute approximate surface area is 209 Å². The summed E-state index contributed by atoms with van der Waals surface area (Å²) in [5, 5.41) is 9.58. The first-order chi connectivity index (χ1) is 15.5. The quantitative estimate of drug-likeness (QED) is 0.197. The molecule has 3 fully saturated rings. The topological polar surface area (TPSA) is 87.1 Å². The zero-order valence-electron chi connectivity index (χ0n) is 19.7. The first-order valence-corrected chi connectivity index (χ1v) is 13.3. The molecule has 0 radical (unpaired) electrons. The van der Waals surface area contributed by atoms with Crippen LogP contribution in [0.5, 0.6) is 0 Å². The van der Waals surface area contributed by atoms with Crippen molar-refractivity contribution in [2.75, 3.05) is 26.3 Å². The Morgan fingerprint density at radius 1 is 1.36 bits per heavy atom. The largest absolute Gasteiger partial charge is 0.465 e. The molecule has 3 heterocycles. The fourth-order valence-electron chi connectivity index (χ4n) is 5.49. The first-order valence-electron chi connectivity index (χ1n) is 11.5. The van der Waals surface area contributed by atoms with Gasteiger partial charge in [0.15, 0.2) is 0 Å². The molecule has 0 aliphatic carbocycles. The normalized spacial score (nSPS) is 32.6. The van der Waals surface area contributed by atoms with Gasteiger partial charge in [-0.15, -0.1) is 24.9 Å². The molecule has 0 aromatic carbocycles. The summed E-state index contributed by atoms with van der Waals surface area (Å²) in [7, 11) is 0. The number of carbonyl (C=O) groups is 3. The minimum Gasteiger partial charge on any atom is -0.465 e. The molecule has 3 unspecified atom stereocenters. The molecule has 6 atom stereocenters. The molecule has 0 aromatic rings. The number of aliphatic hydroxyl groups excluding tert-OH is 1. The smallest absolute Gasteiger partial charge is 0.310 e. The van der Waals surface area contributed by atoms with Crippen molar-refractivity contribution in [2.24, 2.45) is 11.8 Å². The highest BCUT2D eigenvalue weighted by Gasteiger charge is 2.76. The van der Waals surface area contributed by atoms with E-state index >= 15 is 0 Å². The number of fused-ring (bicyclic) bond motifs is 1. The van der Waals surface area contributed by atoms with Crippen molar-refractivity contribution < 1.29 is 24.2 Å². The third-order valence-corrected chi connectivity index (χ3v) is 10.0. The Bertz CT molecular complexity index is 815. The summed E-state index contributed by atoms with van der Waals surface area (Å²) in [6, 6.07) is -0.755. The monoisotopic (exact) mass is 542 g/mol. The molecule has 2 amide bonds. The number of hydrogen-bond donors (Lipinski definition) is 1. The van der Waals surface area contributed by atoms with Crippen molar-refractivity contribution in [3.63, 3.8) is 0 Å². The molecule has 33 heavy (non-hydrogen) atoms. The Kier molecular flexibility index (Phi) is 8.06. The summed E-state index contributed by atoms with van der Waals surface area (Å²) in [5.74, 6) is -2.04. The molecular formula is C24H35BrN2O5S. The van der Waals surface area contributed by atoms with E-state index in [1.807, 2.05) is 20.8 Å². The van der Waals surface area contributed by atoms with E-state index in [2.05, 4.69) is 29.1 Å².